The van der Waals surface area contributed by atoms with Gasteiger partial charge in [0.15, 0.2) is 6.10 Å². The second kappa shape index (κ2) is 5.61. The van der Waals surface area contributed by atoms with E-state index in [9.17, 15) is 4.79 Å². The SMILES string of the molecule is CCC(Oc1ccc(Cl)cc1)C(=O)NC. The number of carbonyl (C=O) groups excluding carboxylic acids is 1. The fourth-order valence-corrected chi connectivity index (χ4v) is 1.29. The van der Waals surface area contributed by atoms with Crippen molar-refractivity contribution in [1.82, 2.24) is 5.32 Å². The maximum Gasteiger partial charge on any atom is 0.260 e. The molecule has 1 N–H and O–H groups in total. The van der Waals surface area contributed by atoms with Crippen LogP contribution in [0.1, 0.15) is 13.3 Å². The van der Waals surface area contributed by atoms with Gasteiger partial charge in [-0.15, -0.1) is 0 Å². The van der Waals surface area contributed by atoms with Crippen LogP contribution >= 0.6 is 11.6 Å². The summed E-state index contributed by atoms with van der Waals surface area (Å²) in [6.45, 7) is 1.90. The summed E-state index contributed by atoms with van der Waals surface area (Å²) in [4.78, 5) is 11.4. The molecule has 15 heavy (non-hydrogen) atoms. The third kappa shape index (κ3) is 3.44. The second-order valence-electron chi connectivity index (χ2n) is 3.08. The molecule has 1 amide bonds. The summed E-state index contributed by atoms with van der Waals surface area (Å²) in [6, 6.07) is 6.95. The lowest BCUT2D eigenvalue weighted by Gasteiger charge is -2.15. The Balaban J connectivity index is 2.66. The van der Waals surface area contributed by atoms with E-state index in [0.717, 1.165) is 0 Å². The van der Waals surface area contributed by atoms with Crippen LogP contribution < -0.4 is 10.1 Å². The van der Waals surface area contributed by atoms with Gasteiger partial charge in [0.05, 0.1) is 0 Å². The molecule has 0 aliphatic carbocycles. The molecule has 0 saturated heterocycles. The number of nitrogens with one attached hydrogen (secondary N) is 1. The van der Waals surface area contributed by atoms with Crippen molar-refractivity contribution in [2.75, 3.05) is 7.05 Å². The summed E-state index contributed by atoms with van der Waals surface area (Å²) in [6.07, 6.45) is 0.179. The predicted octanol–water partition coefficient (Wildman–Crippen LogP) is 2.24. The van der Waals surface area contributed by atoms with Crippen LogP contribution in [0.15, 0.2) is 24.3 Å². The molecule has 1 unspecified atom stereocenters. The summed E-state index contributed by atoms with van der Waals surface area (Å²) in [7, 11) is 1.59. The van der Waals surface area contributed by atoms with Crippen LogP contribution in [-0.4, -0.2) is 19.1 Å². The molecule has 3 nitrogen and oxygen atoms in total. The van der Waals surface area contributed by atoms with Crippen molar-refractivity contribution in [1.29, 1.82) is 0 Å². The van der Waals surface area contributed by atoms with Crippen molar-refractivity contribution in [2.45, 2.75) is 19.4 Å². The Kier molecular flexibility index (Phi) is 4.43. The summed E-state index contributed by atoms with van der Waals surface area (Å²) in [5.41, 5.74) is 0. The Morgan fingerprint density at radius 3 is 2.53 bits per heavy atom. The molecule has 82 valence electrons. The third-order valence-electron chi connectivity index (χ3n) is 2.00. The second-order valence-corrected chi connectivity index (χ2v) is 3.52. The van der Waals surface area contributed by atoms with Gasteiger partial charge >= 0.3 is 0 Å². The highest BCUT2D eigenvalue weighted by Gasteiger charge is 2.16. The monoisotopic (exact) mass is 227 g/mol. The lowest BCUT2D eigenvalue weighted by molar-refractivity contribution is -0.127. The van der Waals surface area contributed by atoms with E-state index >= 15 is 0 Å². The van der Waals surface area contributed by atoms with Gasteiger partial charge in [0.2, 0.25) is 0 Å². The molecule has 1 aromatic carbocycles. The zero-order valence-corrected chi connectivity index (χ0v) is 9.54. The van der Waals surface area contributed by atoms with Crippen LogP contribution in [0.2, 0.25) is 5.02 Å². The van der Waals surface area contributed by atoms with Crippen LogP contribution in [0, 0.1) is 0 Å². The molecule has 0 aliphatic heterocycles. The van der Waals surface area contributed by atoms with Gasteiger partial charge in [0, 0.05) is 12.1 Å². The van der Waals surface area contributed by atoms with Crippen molar-refractivity contribution in [2.24, 2.45) is 0 Å². The Hall–Kier alpha value is -1.22. The molecule has 1 atom stereocenters. The number of rotatable bonds is 4. The van der Waals surface area contributed by atoms with E-state index in [4.69, 9.17) is 16.3 Å². The average Bonchev–Trinajstić information content (AvgIpc) is 2.27. The van der Waals surface area contributed by atoms with Crippen LogP contribution in [0.25, 0.3) is 0 Å². The van der Waals surface area contributed by atoms with Gasteiger partial charge in [-0.1, -0.05) is 18.5 Å². The molecule has 1 rings (SSSR count). The van der Waals surface area contributed by atoms with Crippen molar-refractivity contribution >= 4 is 17.5 Å². The maximum atomic E-state index is 11.4. The highest BCUT2D eigenvalue weighted by molar-refractivity contribution is 6.30. The molecule has 0 spiro atoms. The Labute approximate surface area is 94.4 Å². The summed E-state index contributed by atoms with van der Waals surface area (Å²) >= 11 is 5.74. The predicted molar refractivity (Wildman–Crippen MR) is 60.2 cm³/mol. The number of hydrogen-bond donors (Lipinski definition) is 1. The molecular weight excluding hydrogens is 214 g/mol. The van der Waals surface area contributed by atoms with E-state index in [-0.39, 0.29) is 5.91 Å². The third-order valence-corrected chi connectivity index (χ3v) is 2.25. The minimum Gasteiger partial charge on any atom is -0.481 e. The highest BCUT2D eigenvalue weighted by atomic mass is 35.5. The zero-order chi connectivity index (χ0) is 11.3. The minimum atomic E-state index is -0.448. The Morgan fingerprint density at radius 1 is 1.47 bits per heavy atom. The van der Waals surface area contributed by atoms with Crippen molar-refractivity contribution < 1.29 is 9.53 Å². The van der Waals surface area contributed by atoms with Gasteiger partial charge in [0.25, 0.3) is 5.91 Å². The molecule has 0 aromatic heterocycles. The largest absolute Gasteiger partial charge is 0.481 e. The first-order chi connectivity index (χ1) is 7.17. The van der Waals surface area contributed by atoms with Crippen molar-refractivity contribution in [3.8, 4) is 5.75 Å². The van der Waals surface area contributed by atoms with E-state index in [1.807, 2.05) is 6.92 Å². The maximum absolute atomic E-state index is 11.4. The fourth-order valence-electron chi connectivity index (χ4n) is 1.16. The first-order valence-electron chi connectivity index (χ1n) is 4.81. The molecule has 0 radical (unpaired) electrons. The summed E-state index contributed by atoms with van der Waals surface area (Å²) < 4.78 is 5.50. The van der Waals surface area contributed by atoms with Crippen LogP contribution in [0.5, 0.6) is 5.75 Å². The van der Waals surface area contributed by atoms with Gasteiger partial charge < -0.3 is 10.1 Å². The van der Waals surface area contributed by atoms with Gasteiger partial charge in [-0.25, -0.2) is 0 Å². The van der Waals surface area contributed by atoms with Gasteiger partial charge in [-0.3, -0.25) is 4.79 Å². The molecule has 0 bridgehead atoms. The van der Waals surface area contributed by atoms with Crippen LogP contribution in [0.3, 0.4) is 0 Å². The fraction of sp³-hybridized carbons (Fsp3) is 0.364. The normalized spacial score (nSPS) is 11.9. The highest BCUT2D eigenvalue weighted by Crippen LogP contribution is 2.17. The van der Waals surface area contributed by atoms with Gasteiger partial charge in [-0.2, -0.15) is 0 Å². The first kappa shape index (κ1) is 11.9. The van der Waals surface area contributed by atoms with Crippen molar-refractivity contribution in [3.05, 3.63) is 29.3 Å². The molecule has 0 fully saturated rings. The summed E-state index contributed by atoms with van der Waals surface area (Å²) in [5.74, 6) is 0.530. The molecule has 4 heteroatoms. The topological polar surface area (TPSA) is 38.3 Å². The smallest absolute Gasteiger partial charge is 0.260 e. The van der Waals surface area contributed by atoms with E-state index < -0.39 is 6.10 Å². The average molecular weight is 228 g/mol. The number of likely N-dealkylation sites (N-methyl/N-ethyl adjacent to an activating group) is 1. The molecule has 0 saturated carbocycles. The lowest BCUT2D eigenvalue weighted by atomic mass is 10.2. The Morgan fingerprint density at radius 2 is 2.07 bits per heavy atom. The van der Waals surface area contributed by atoms with E-state index in [2.05, 4.69) is 5.32 Å². The van der Waals surface area contributed by atoms with E-state index in [1.165, 1.54) is 0 Å². The zero-order valence-electron chi connectivity index (χ0n) is 8.79. The molecular formula is C11H14ClNO2. The number of benzene rings is 1. The van der Waals surface area contributed by atoms with Crippen LogP contribution in [-0.2, 0) is 4.79 Å². The summed E-state index contributed by atoms with van der Waals surface area (Å²) in [5, 5.41) is 3.21. The first-order valence-corrected chi connectivity index (χ1v) is 5.19. The number of halogens is 1. The minimum absolute atomic E-state index is 0.118. The van der Waals surface area contributed by atoms with Gasteiger partial charge in [0.1, 0.15) is 5.75 Å². The molecule has 1 aromatic rings. The lowest BCUT2D eigenvalue weighted by Crippen LogP contribution is -2.35. The van der Waals surface area contributed by atoms with Crippen molar-refractivity contribution in [3.63, 3.8) is 0 Å². The molecule has 0 heterocycles. The number of carbonyl (C=O) groups is 1. The number of hydrogen-bond acceptors (Lipinski definition) is 2. The van der Waals surface area contributed by atoms with Gasteiger partial charge in [-0.05, 0) is 30.7 Å². The quantitative estimate of drug-likeness (QED) is 0.857. The standard InChI is InChI=1S/C11H14ClNO2/c1-3-10(11(14)13-2)15-9-6-4-8(12)5-7-9/h4-7,10H,3H2,1-2H3,(H,13,14). The number of ether oxygens (including phenoxy) is 1. The van der Waals surface area contributed by atoms with E-state index in [1.54, 1.807) is 31.3 Å². The van der Waals surface area contributed by atoms with E-state index in [0.29, 0.717) is 17.2 Å². The van der Waals surface area contributed by atoms with Crippen LogP contribution in [0.4, 0.5) is 0 Å². The Bertz CT molecular complexity index is 324. The number of amides is 1. The molecule has 0 aliphatic rings.